The van der Waals surface area contributed by atoms with Crippen LogP contribution in [0.3, 0.4) is 0 Å². The van der Waals surface area contributed by atoms with Crippen LogP contribution in [0.15, 0.2) is 66.7 Å². The molecule has 0 spiro atoms. The van der Waals surface area contributed by atoms with E-state index in [-0.39, 0.29) is 17.9 Å². The number of imidazole rings is 1. The predicted molar refractivity (Wildman–Crippen MR) is 113 cm³/mol. The lowest BCUT2D eigenvalue weighted by Gasteiger charge is -2.25. The molecule has 1 unspecified atom stereocenters. The van der Waals surface area contributed by atoms with Gasteiger partial charge in [-0.3, -0.25) is 4.79 Å². The Balaban J connectivity index is 1.82. The number of fused-ring (bicyclic) bond motifs is 2. The zero-order valence-corrected chi connectivity index (χ0v) is 15.7. The van der Waals surface area contributed by atoms with Crippen molar-refractivity contribution in [3.8, 4) is 11.4 Å². The van der Waals surface area contributed by atoms with Gasteiger partial charge >= 0.3 is 0 Å². The van der Waals surface area contributed by atoms with Crippen molar-refractivity contribution in [1.82, 2.24) is 9.55 Å². The van der Waals surface area contributed by atoms with Crippen molar-refractivity contribution in [3.05, 3.63) is 66.7 Å². The summed E-state index contributed by atoms with van der Waals surface area (Å²) in [4.78, 5) is 17.6. The van der Waals surface area contributed by atoms with Gasteiger partial charge in [0, 0.05) is 5.56 Å². The van der Waals surface area contributed by atoms with Crippen LogP contribution < -0.4 is 5.73 Å². The Hall–Kier alpha value is -3.14. The van der Waals surface area contributed by atoms with Gasteiger partial charge in [-0.25, -0.2) is 4.98 Å². The van der Waals surface area contributed by atoms with Crippen LogP contribution in [0.2, 0.25) is 0 Å². The fourth-order valence-electron chi connectivity index (χ4n) is 4.78. The third kappa shape index (κ3) is 2.68. The van der Waals surface area contributed by atoms with Crippen molar-refractivity contribution in [1.29, 1.82) is 0 Å². The van der Waals surface area contributed by atoms with Gasteiger partial charge in [0.15, 0.2) is 0 Å². The first-order chi connectivity index (χ1) is 13.7. The molecule has 2 N–H and O–H groups in total. The maximum Gasteiger partial charge on any atom is 0.240 e. The first-order valence-corrected chi connectivity index (χ1v) is 9.98. The van der Waals surface area contributed by atoms with E-state index in [1.54, 1.807) is 0 Å². The maximum atomic E-state index is 12.6. The molecule has 1 amide bonds. The minimum Gasteiger partial charge on any atom is -0.368 e. The number of amides is 1. The SMILES string of the molecule is NC(=O)C(C1CCCC1)n1c(-c2cccc3ccccc23)nc2ccccc21. The number of nitrogens with two attached hydrogens (primary N) is 1. The number of carbonyl (C=O) groups is 1. The molecule has 0 aliphatic heterocycles. The van der Waals surface area contributed by atoms with Crippen molar-refractivity contribution in [2.75, 3.05) is 0 Å². The van der Waals surface area contributed by atoms with Crippen molar-refractivity contribution in [2.24, 2.45) is 11.7 Å². The van der Waals surface area contributed by atoms with Crippen LogP contribution in [0, 0.1) is 5.92 Å². The second-order valence-corrected chi connectivity index (χ2v) is 7.71. The van der Waals surface area contributed by atoms with Crippen LogP contribution in [0.4, 0.5) is 0 Å². The highest BCUT2D eigenvalue weighted by Crippen LogP contribution is 2.40. The monoisotopic (exact) mass is 369 g/mol. The number of aromatic nitrogens is 2. The largest absolute Gasteiger partial charge is 0.368 e. The molecule has 0 saturated heterocycles. The third-order valence-electron chi connectivity index (χ3n) is 6.04. The van der Waals surface area contributed by atoms with Crippen LogP contribution in [0.25, 0.3) is 33.2 Å². The van der Waals surface area contributed by atoms with Crippen LogP contribution >= 0.6 is 0 Å². The van der Waals surface area contributed by atoms with E-state index in [9.17, 15) is 4.79 Å². The standard InChI is InChI=1S/C24H23N3O/c25-23(28)22(17-9-1-2-10-17)27-21-15-6-5-14-20(21)26-24(27)19-13-7-11-16-8-3-4-12-18(16)19/h3-8,11-15,17,22H,1-2,9-10H2,(H2,25,28). The summed E-state index contributed by atoms with van der Waals surface area (Å²) in [5.41, 5.74) is 8.88. The van der Waals surface area contributed by atoms with Gasteiger partial charge in [-0.15, -0.1) is 0 Å². The quantitative estimate of drug-likeness (QED) is 0.546. The zero-order chi connectivity index (χ0) is 19.1. The van der Waals surface area contributed by atoms with Crippen molar-refractivity contribution in [2.45, 2.75) is 31.7 Å². The van der Waals surface area contributed by atoms with Crippen molar-refractivity contribution in [3.63, 3.8) is 0 Å². The molecule has 1 aliphatic rings. The third-order valence-corrected chi connectivity index (χ3v) is 6.04. The molecule has 3 aromatic carbocycles. The first-order valence-electron chi connectivity index (χ1n) is 9.98. The Kier molecular flexibility index (Phi) is 4.12. The Morgan fingerprint density at radius 3 is 2.50 bits per heavy atom. The molecule has 0 bridgehead atoms. The average molecular weight is 369 g/mol. The van der Waals surface area contributed by atoms with E-state index in [0.29, 0.717) is 0 Å². The van der Waals surface area contributed by atoms with Crippen LogP contribution in [-0.2, 0) is 4.79 Å². The topological polar surface area (TPSA) is 60.9 Å². The van der Waals surface area contributed by atoms with Crippen molar-refractivity contribution < 1.29 is 4.79 Å². The van der Waals surface area contributed by atoms with E-state index in [1.807, 2.05) is 36.4 Å². The lowest BCUT2D eigenvalue weighted by atomic mass is 9.96. The summed E-state index contributed by atoms with van der Waals surface area (Å²) >= 11 is 0. The van der Waals surface area contributed by atoms with Gasteiger partial charge in [-0.05, 0) is 41.7 Å². The van der Waals surface area contributed by atoms with Crippen molar-refractivity contribution >= 4 is 27.7 Å². The number of carbonyl (C=O) groups excluding carboxylic acids is 1. The molecule has 140 valence electrons. The number of benzene rings is 3. The first kappa shape index (κ1) is 17.0. The minimum atomic E-state index is -0.371. The van der Waals surface area contributed by atoms with Gasteiger partial charge in [0.05, 0.1) is 11.0 Å². The van der Waals surface area contributed by atoms with Gasteiger partial charge in [0.25, 0.3) is 0 Å². The average Bonchev–Trinajstić information content (AvgIpc) is 3.37. The van der Waals surface area contributed by atoms with E-state index in [2.05, 4.69) is 34.9 Å². The Labute approximate surface area is 164 Å². The smallest absolute Gasteiger partial charge is 0.240 e. The normalized spacial score (nSPS) is 16.0. The van der Waals surface area contributed by atoms with Gasteiger partial charge in [-0.2, -0.15) is 0 Å². The van der Waals surface area contributed by atoms with E-state index >= 15 is 0 Å². The Morgan fingerprint density at radius 1 is 0.964 bits per heavy atom. The number of primary amides is 1. The van der Waals surface area contributed by atoms with E-state index in [4.69, 9.17) is 10.7 Å². The second kappa shape index (κ2) is 6.79. The molecule has 1 aliphatic carbocycles. The molecular formula is C24H23N3O. The number of rotatable bonds is 4. The fourth-order valence-corrected chi connectivity index (χ4v) is 4.78. The van der Waals surface area contributed by atoms with Gasteiger partial charge in [0.1, 0.15) is 11.9 Å². The number of para-hydroxylation sites is 2. The molecule has 4 heteroatoms. The van der Waals surface area contributed by atoms with Crippen LogP contribution in [0.5, 0.6) is 0 Å². The summed E-state index contributed by atoms with van der Waals surface area (Å²) in [6.07, 6.45) is 4.39. The highest BCUT2D eigenvalue weighted by molar-refractivity contribution is 5.97. The van der Waals surface area contributed by atoms with E-state index in [1.165, 1.54) is 0 Å². The van der Waals surface area contributed by atoms with E-state index < -0.39 is 0 Å². The van der Waals surface area contributed by atoms with Gasteiger partial charge in [-0.1, -0.05) is 67.4 Å². The number of nitrogens with zero attached hydrogens (tertiary/aromatic N) is 2. The number of hydrogen-bond acceptors (Lipinski definition) is 2. The Morgan fingerprint density at radius 2 is 1.68 bits per heavy atom. The predicted octanol–water partition coefficient (Wildman–Crippen LogP) is 5.07. The summed E-state index contributed by atoms with van der Waals surface area (Å²) < 4.78 is 2.11. The molecule has 4 nitrogen and oxygen atoms in total. The van der Waals surface area contributed by atoms with Gasteiger partial charge < -0.3 is 10.3 Å². The van der Waals surface area contributed by atoms with Crippen LogP contribution in [-0.4, -0.2) is 15.5 Å². The minimum absolute atomic E-state index is 0.267. The highest BCUT2D eigenvalue weighted by Gasteiger charge is 2.33. The molecule has 4 aromatic rings. The zero-order valence-electron chi connectivity index (χ0n) is 15.7. The summed E-state index contributed by atoms with van der Waals surface area (Å²) in [6, 6.07) is 22.2. The summed E-state index contributed by atoms with van der Waals surface area (Å²) in [6.45, 7) is 0. The van der Waals surface area contributed by atoms with Gasteiger partial charge in [0.2, 0.25) is 5.91 Å². The molecule has 1 atom stereocenters. The molecule has 28 heavy (non-hydrogen) atoms. The number of hydrogen-bond donors (Lipinski definition) is 1. The highest BCUT2D eigenvalue weighted by atomic mass is 16.1. The summed E-state index contributed by atoms with van der Waals surface area (Å²) in [7, 11) is 0. The lowest BCUT2D eigenvalue weighted by molar-refractivity contribution is -0.122. The summed E-state index contributed by atoms with van der Waals surface area (Å²) in [5.74, 6) is 0.828. The molecule has 1 aromatic heterocycles. The molecule has 1 fully saturated rings. The lowest BCUT2D eigenvalue weighted by Crippen LogP contribution is -2.32. The van der Waals surface area contributed by atoms with Crippen LogP contribution in [0.1, 0.15) is 31.7 Å². The summed E-state index contributed by atoms with van der Waals surface area (Å²) in [5, 5.41) is 2.30. The molecule has 0 radical (unpaired) electrons. The molecule has 1 heterocycles. The fraction of sp³-hybridized carbons (Fsp3) is 0.250. The molecular weight excluding hydrogens is 346 g/mol. The van der Waals surface area contributed by atoms with E-state index in [0.717, 1.165) is 58.9 Å². The molecule has 5 rings (SSSR count). The Bertz CT molecular complexity index is 1170. The maximum absolute atomic E-state index is 12.6. The molecule has 1 saturated carbocycles. The second-order valence-electron chi connectivity index (χ2n) is 7.71.